The molecule has 0 saturated heterocycles. The summed E-state index contributed by atoms with van der Waals surface area (Å²) in [4.78, 5) is 15.6. The van der Waals surface area contributed by atoms with Crippen LogP contribution in [0, 0.1) is 11.8 Å². The van der Waals surface area contributed by atoms with E-state index < -0.39 is 5.97 Å². The molecule has 108 valence electrons. The lowest BCUT2D eigenvalue weighted by atomic mass is 9.95. The number of benzene rings is 1. The molecule has 3 atom stereocenters. The normalized spacial score (nSPS) is 27.1. The maximum atomic E-state index is 11.3. The van der Waals surface area contributed by atoms with Crippen molar-refractivity contribution < 1.29 is 9.90 Å². The molecule has 4 rings (SSSR count). The smallest absolute Gasteiger partial charge is 0.354 e. The Morgan fingerprint density at radius 3 is 2.81 bits per heavy atom. The van der Waals surface area contributed by atoms with Crippen LogP contribution in [-0.2, 0) is 0 Å². The van der Waals surface area contributed by atoms with Crippen molar-refractivity contribution >= 4 is 22.6 Å². The average Bonchev–Trinajstić information content (AvgIpc) is 3.09. The predicted octanol–water partition coefficient (Wildman–Crippen LogP) is 3.53. The number of anilines is 1. The molecule has 2 N–H and O–H groups in total. The highest BCUT2D eigenvalue weighted by atomic mass is 16.4. The summed E-state index contributed by atoms with van der Waals surface area (Å²) in [7, 11) is 0. The van der Waals surface area contributed by atoms with Crippen molar-refractivity contribution in [3.8, 4) is 0 Å². The van der Waals surface area contributed by atoms with E-state index in [9.17, 15) is 9.90 Å². The highest BCUT2D eigenvalue weighted by Crippen LogP contribution is 2.45. The zero-order valence-electron chi connectivity index (χ0n) is 11.7. The van der Waals surface area contributed by atoms with Crippen molar-refractivity contribution in [3.05, 3.63) is 36.0 Å². The second-order valence-corrected chi connectivity index (χ2v) is 6.31. The summed E-state index contributed by atoms with van der Waals surface area (Å²) < 4.78 is 0. The van der Waals surface area contributed by atoms with Crippen molar-refractivity contribution in [1.29, 1.82) is 0 Å². The van der Waals surface area contributed by atoms with E-state index >= 15 is 0 Å². The Balaban J connectivity index is 1.74. The molecule has 2 bridgehead atoms. The summed E-state index contributed by atoms with van der Waals surface area (Å²) >= 11 is 0. The summed E-state index contributed by atoms with van der Waals surface area (Å²) in [5.74, 6) is 1.32. The van der Waals surface area contributed by atoms with Gasteiger partial charge < -0.3 is 10.4 Å². The van der Waals surface area contributed by atoms with Crippen LogP contribution in [0.1, 0.15) is 36.2 Å². The van der Waals surface area contributed by atoms with E-state index in [2.05, 4.69) is 10.3 Å². The number of aromatic carboxylic acids is 1. The fraction of sp³-hybridized carbons (Fsp3) is 0.412. The number of nitrogens with one attached hydrogen (secondary N) is 1. The first kappa shape index (κ1) is 12.6. The molecule has 4 nitrogen and oxygen atoms in total. The monoisotopic (exact) mass is 282 g/mol. The van der Waals surface area contributed by atoms with Crippen LogP contribution in [0.4, 0.5) is 5.82 Å². The fourth-order valence-corrected chi connectivity index (χ4v) is 4.02. The SMILES string of the molecule is O=C(O)c1cc2ccccc2c(NC2CC3CCC2C3)n1. The van der Waals surface area contributed by atoms with Crippen LogP contribution in [0.5, 0.6) is 0 Å². The Hall–Kier alpha value is -2.10. The number of carboxylic acid groups (broad SMARTS) is 1. The van der Waals surface area contributed by atoms with Crippen molar-refractivity contribution in [2.45, 2.75) is 31.7 Å². The molecule has 2 aliphatic rings. The first-order valence-electron chi connectivity index (χ1n) is 7.60. The van der Waals surface area contributed by atoms with E-state index in [4.69, 9.17) is 0 Å². The van der Waals surface area contributed by atoms with Gasteiger partial charge in [0.05, 0.1) is 0 Å². The maximum Gasteiger partial charge on any atom is 0.354 e. The van der Waals surface area contributed by atoms with Crippen LogP contribution in [0.25, 0.3) is 10.8 Å². The number of aromatic nitrogens is 1. The summed E-state index contributed by atoms with van der Waals surface area (Å²) in [5, 5.41) is 14.7. The van der Waals surface area contributed by atoms with E-state index in [1.807, 2.05) is 24.3 Å². The number of rotatable bonds is 3. The lowest BCUT2D eigenvalue weighted by Crippen LogP contribution is -2.26. The molecular weight excluding hydrogens is 264 g/mol. The van der Waals surface area contributed by atoms with E-state index in [0.29, 0.717) is 6.04 Å². The number of hydrogen-bond acceptors (Lipinski definition) is 3. The standard InChI is InChI=1S/C17H18N2O2/c20-17(21)15-9-11-3-1-2-4-13(11)16(19-15)18-14-8-10-5-6-12(14)7-10/h1-4,9-10,12,14H,5-8H2,(H,18,19)(H,20,21). The Kier molecular flexibility index (Phi) is 2.84. The molecule has 2 fully saturated rings. The first-order valence-corrected chi connectivity index (χ1v) is 7.60. The third-order valence-corrected chi connectivity index (χ3v) is 5.02. The highest BCUT2D eigenvalue weighted by Gasteiger charge is 2.39. The van der Waals surface area contributed by atoms with E-state index in [0.717, 1.165) is 28.4 Å². The maximum absolute atomic E-state index is 11.3. The molecule has 2 aliphatic carbocycles. The third-order valence-electron chi connectivity index (χ3n) is 5.02. The zero-order chi connectivity index (χ0) is 14.4. The van der Waals surface area contributed by atoms with Crippen LogP contribution >= 0.6 is 0 Å². The number of nitrogens with zero attached hydrogens (tertiary/aromatic N) is 1. The minimum absolute atomic E-state index is 0.111. The molecule has 1 aromatic carbocycles. The molecule has 1 aromatic heterocycles. The predicted molar refractivity (Wildman–Crippen MR) is 81.6 cm³/mol. The fourth-order valence-electron chi connectivity index (χ4n) is 4.02. The lowest BCUT2D eigenvalue weighted by Gasteiger charge is -2.24. The van der Waals surface area contributed by atoms with Gasteiger partial charge in [-0.2, -0.15) is 0 Å². The summed E-state index contributed by atoms with van der Waals surface area (Å²) in [6.07, 6.45) is 5.15. The van der Waals surface area contributed by atoms with Crippen LogP contribution in [-0.4, -0.2) is 22.1 Å². The first-order chi connectivity index (χ1) is 10.2. The number of hydrogen-bond donors (Lipinski definition) is 2. The molecule has 1 heterocycles. The number of carboxylic acids is 1. The topological polar surface area (TPSA) is 62.2 Å². The van der Waals surface area contributed by atoms with E-state index in [-0.39, 0.29) is 5.69 Å². The molecule has 2 saturated carbocycles. The van der Waals surface area contributed by atoms with Crippen molar-refractivity contribution in [3.63, 3.8) is 0 Å². The molecule has 0 aliphatic heterocycles. The van der Waals surface area contributed by atoms with E-state index in [1.165, 1.54) is 25.7 Å². The van der Waals surface area contributed by atoms with Gasteiger partial charge in [-0.25, -0.2) is 9.78 Å². The summed E-state index contributed by atoms with van der Waals surface area (Å²) in [5.41, 5.74) is 0.111. The number of fused-ring (bicyclic) bond motifs is 3. The van der Waals surface area contributed by atoms with Gasteiger partial charge in [0.25, 0.3) is 0 Å². The number of pyridine rings is 1. The Bertz CT molecular complexity index is 713. The average molecular weight is 282 g/mol. The number of carbonyl (C=O) groups is 1. The van der Waals surface area contributed by atoms with Crippen molar-refractivity contribution in [2.24, 2.45) is 11.8 Å². The van der Waals surface area contributed by atoms with Gasteiger partial charge in [-0.1, -0.05) is 30.7 Å². The van der Waals surface area contributed by atoms with Gasteiger partial charge in [-0.15, -0.1) is 0 Å². The van der Waals surface area contributed by atoms with Gasteiger partial charge in [-0.05, 0) is 42.6 Å². The second kappa shape index (κ2) is 4.72. The summed E-state index contributed by atoms with van der Waals surface area (Å²) in [6, 6.07) is 9.93. The third kappa shape index (κ3) is 2.15. The minimum Gasteiger partial charge on any atom is -0.477 e. The molecule has 2 aromatic rings. The Morgan fingerprint density at radius 1 is 1.24 bits per heavy atom. The van der Waals surface area contributed by atoms with Gasteiger partial charge in [0.1, 0.15) is 5.82 Å². The van der Waals surface area contributed by atoms with E-state index in [1.54, 1.807) is 6.07 Å². The lowest BCUT2D eigenvalue weighted by molar-refractivity contribution is 0.0691. The van der Waals surface area contributed by atoms with Gasteiger partial charge >= 0.3 is 5.97 Å². The molecule has 21 heavy (non-hydrogen) atoms. The van der Waals surface area contributed by atoms with Crippen LogP contribution in [0.3, 0.4) is 0 Å². The molecule has 0 spiro atoms. The van der Waals surface area contributed by atoms with Crippen molar-refractivity contribution in [2.75, 3.05) is 5.32 Å². The Morgan fingerprint density at radius 2 is 2.10 bits per heavy atom. The largest absolute Gasteiger partial charge is 0.477 e. The molecular formula is C17H18N2O2. The van der Waals surface area contributed by atoms with Gasteiger partial charge in [0.2, 0.25) is 0 Å². The van der Waals surface area contributed by atoms with Crippen LogP contribution in [0.15, 0.2) is 30.3 Å². The van der Waals surface area contributed by atoms with Crippen LogP contribution in [0.2, 0.25) is 0 Å². The second-order valence-electron chi connectivity index (χ2n) is 6.31. The van der Waals surface area contributed by atoms with Gasteiger partial charge in [0.15, 0.2) is 5.69 Å². The highest BCUT2D eigenvalue weighted by molar-refractivity contribution is 5.97. The zero-order valence-corrected chi connectivity index (χ0v) is 11.7. The quantitative estimate of drug-likeness (QED) is 0.904. The Labute approximate surface area is 123 Å². The molecule has 4 heteroatoms. The van der Waals surface area contributed by atoms with Crippen LogP contribution < -0.4 is 5.32 Å². The van der Waals surface area contributed by atoms with Gasteiger partial charge in [-0.3, -0.25) is 0 Å². The van der Waals surface area contributed by atoms with Gasteiger partial charge in [0, 0.05) is 11.4 Å². The molecule has 0 amide bonds. The minimum atomic E-state index is -0.975. The molecule has 3 unspecified atom stereocenters. The molecule has 0 radical (unpaired) electrons. The van der Waals surface area contributed by atoms with Crippen molar-refractivity contribution in [1.82, 2.24) is 4.98 Å². The summed E-state index contributed by atoms with van der Waals surface area (Å²) in [6.45, 7) is 0.